The molecule has 0 aliphatic carbocycles. The average Bonchev–Trinajstić information content (AvgIpc) is 2.27. The van der Waals surface area contributed by atoms with Gasteiger partial charge in [0.25, 0.3) is 0 Å². The molecule has 0 radical (unpaired) electrons. The maximum atomic E-state index is 12.1. The summed E-state index contributed by atoms with van der Waals surface area (Å²) in [5, 5.41) is 9.50. The van der Waals surface area contributed by atoms with Crippen molar-refractivity contribution in [3.05, 3.63) is 35.4 Å². The van der Waals surface area contributed by atoms with E-state index in [1.165, 1.54) is 5.56 Å². The monoisotopic (exact) mass is 228 g/mol. The molecule has 90 valence electrons. The predicted molar refractivity (Wildman–Crippen MR) is 60.7 cm³/mol. The SMILES string of the molecule is CCC(C)c1ccc(C(O)CC(F)F)cc1. The van der Waals surface area contributed by atoms with Gasteiger partial charge in [0.15, 0.2) is 0 Å². The Morgan fingerprint density at radius 1 is 1.12 bits per heavy atom. The summed E-state index contributed by atoms with van der Waals surface area (Å²) >= 11 is 0. The van der Waals surface area contributed by atoms with Crippen molar-refractivity contribution in [1.82, 2.24) is 0 Å². The topological polar surface area (TPSA) is 20.2 Å². The summed E-state index contributed by atoms with van der Waals surface area (Å²) in [6.45, 7) is 4.22. The Bertz CT molecular complexity index is 308. The molecule has 0 aliphatic rings. The highest BCUT2D eigenvalue weighted by atomic mass is 19.3. The second-order valence-electron chi connectivity index (χ2n) is 4.12. The molecular weight excluding hydrogens is 210 g/mol. The van der Waals surface area contributed by atoms with E-state index in [1.807, 2.05) is 12.1 Å². The lowest BCUT2D eigenvalue weighted by molar-refractivity contribution is 0.0611. The molecule has 1 rings (SSSR count). The Kier molecular flexibility index (Phi) is 4.87. The van der Waals surface area contributed by atoms with E-state index in [-0.39, 0.29) is 0 Å². The van der Waals surface area contributed by atoms with Gasteiger partial charge in [-0.25, -0.2) is 8.78 Å². The van der Waals surface area contributed by atoms with Gasteiger partial charge in [0.05, 0.1) is 6.10 Å². The first-order valence-corrected chi connectivity index (χ1v) is 5.60. The van der Waals surface area contributed by atoms with Gasteiger partial charge in [-0.1, -0.05) is 38.1 Å². The molecule has 2 unspecified atom stereocenters. The van der Waals surface area contributed by atoms with Crippen LogP contribution in [0.5, 0.6) is 0 Å². The van der Waals surface area contributed by atoms with E-state index in [1.54, 1.807) is 12.1 Å². The molecule has 0 aromatic heterocycles. The van der Waals surface area contributed by atoms with Crippen molar-refractivity contribution in [2.24, 2.45) is 0 Å². The first-order chi connectivity index (χ1) is 7.54. The molecule has 0 heterocycles. The number of alkyl halides is 2. The molecule has 1 nitrogen and oxygen atoms in total. The van der Waals surface area contributed by atoms with Gasteiger partial charge in [-0.05, 0) is 23.5 Å². The van der Waals surface area contributed by atoms with Crippen molar-refractivity contribution in [1.29, 1.82) is 0 Å². The minimum atomic E-state index is -2.47. The summed E-state index contributed by atoms with van der Waals surface area (Å²) in [5.74, 6) is 0.460. The predicted octanol–water partition coefficient (Wildman–Crippen LogP) is 3.89. The van der Waals surface area contributed by atoms with Gasteiger partial charge in [0.2, 0.25) is 6.43 Å². The summed E-state index contributed by atoms with van der Waals surface area (Å²) in [6, 6.07) is 7.26. The van der Waals surface area contributed by atoms with Crippen molar-refractivity contribution in [2.75, 3.05) is 0 Å². The van der Waals surface area contributed by atoms with Gasteiger partial charge < -0.3 is 5.11 Å². The summed E-state index contributed by atoms with van der Waals surface area (Å²) in [7, 11) is 0. The van der Waals surface area contributed by atoms with Crippen LogP contribution in [0.15, 0.2) is 24.3 Å². The Hall–Kier alpha value is -0.960. The van der Waals surface area contributed by atoms with Gasteiger partial charge in [0, 0.05) is 6.42 Å². The Morgan fingerprint density at radius 2 is 1.62 bits per heavy atom. The van der Waals surface area contributed by atoms with Crippen LogP contribution >= 0.6 is 0 Å². The van der Waals surface area contributed by atoms with Crippen molar-refractivity contribution in [2.45, 2.75) is 45.1 Å². The zero-order valence-electron chi connectivity index (χ0n) is 9.66. The summed E-state index contributed by atoms with van der Waals surface area (Å²) in [4.78, 5) is 0. The molecule has 3 heteroatoms. The van der Waals surface area contributed by atoms with Crippen molar-refractivity contribution < 1.29 is 13.9 Å². The summed E-state index contributed by atoms with van der Waals surface area (Å²) < 4.78 is 24.1. The summed E-state index contributed by atoms with van der Waals surface area (Å²) in [5.41, 5.74) is 1.74. The van der Waals surface area contributed by atoms with Crippen LogP contribution in [-0.4, -0.2) is 11.5 Å². The third kappa shape index (κ3) is 3.56. The number of rotatable bonds is 5. The van der Waals surface area contributed by atoms with Crippen LogP contribution in [-0.2, 0) is 0 Å². The number of halogens is 2. The molecule has 0 aliphatic heterocycles. The molecule has 0 amide bonds. The van der Waals surface area contributed by atoms with E-state index < -0.39 is 19.0 Å². The molecule has 0 fully saturated rings. The van der Waals surface area contributed by atoms with E-state index in [0.717, 1.165) is 6.42 Å². The molecule has 1 aromatic rings. The second kappa shape index (κ2) is 5.94. The molecule has 0 saturated heterocycles. The van der Waals surface area contributed by atoms with Crippen LogP contribution < -0.4 is 0 Å². The Balaban J connectivity index is 2.70. The van der Waals surface area contributed by atoms with Crippen molar-refractivity contribution >= 4 is 0 Å². The number of hydrogen-bond donors (Lipinski definition) is 1. The number of hydrogen-bond acceptors (Lipinski definition) is 1. The van der Waals surface area contributed by atoms with Crippen LogP contribution in [0.4, 0.5) is 8.78 Å². The maximum absolute atomic E-state index is 12.1. The van der Waals surface area contributed by atoms with Crippen molar-refractivity contribution in [3.63, 3.8) is 0 Å². The molecular formula is C13H18F2O. The quantitative estimate of drug-likeness (QED) is 0.810. The van der Waals surface area contributed by atoms with Gasteiger partial charge in [-0.15, -0.1) is 0 Å². The fourth-order valence-corrected chi connectivity index (χ4v) is 1.59. The standard InChI is InChI=1S/C13H18F2O/c1-3-9(2)10-4-6-11(7-5-10)12(16)8-13(14)15/h4-7,9,12-13,16H,3,8H2,1-2H3. The van der Waals surface area contributed by atoms with Crippen LogP contribution in [0, 0.1) is 0 Å². The first kappa shape index (κ1) is 13.1. The largest absolute Gasteiger partial charge is 0.388 e. The third-order valence-electron chi connectivity index (χ3n) is 2.90. The van der Waals surface area contributed by atoms with E-state index in [9.17, 15) is 13.9 Å². The molecule has 16 heavy (non-hydrogen) atoms. The molecule has 0 bridgehead atoms. The number of aliphatic hydroxyl groups is 1. The van der Waals surface area contributed by atoms with Crippen LogP contribution in [0.1, 0.15) is 49.8 Å². The van der Waals surface area contributed by atoms with Gasteiger partial charge in [-0.2, -0.15) is 0 Å². The summed E-state index contributed by atoms with van der Waals surface area (Å²) in [6.07, 6.45) is -2.99. The Morgan fingerprint density at radius 3 is 2.06 bits per heavy atom. The van der Waals surface area contributed by atoms with Gasteiger partial charge >= 0.3 is 0 Å². The second-order valence-corrected chi connectivity index (χ2v) is 4.12. The highest BCUT2D eigenvalue weighted by Gasteiger charge is 2.14. The van der Waals surface area contributed by atoms with E-state index in [2.05, 4.69) is 13.8 Å². The lowest BCUT2D eigenvalue weighted by Gasteiger charge is -2.13. The lowest BCUT2D eigenvalue weighted by Crippen LogP contribution is -2.03. The molecule has 1 aromatic carbocycles. The molecule has 0 spiro atoms. The highest BCUT2D eigenvalue weighted by molar-refractivity contribution is 5.26. The zero-order valence-corrected chi connectivity index (χ0v) is 9.66. The lowest BCUT2D eigenvalue weighted by atomic mass is 9.96. The molecule has 0 saturated carbocycles. The minimum Gasteiger partial charge on any atom is -0.388 e. The normalized spacial score (nSPS) is 15.1. The van der Waals surface area contributed by atoms with Crippen LogP contribution in [0.2, 0.25) is 0 Å². The Labute approximate surface area is 95.1 Å². The highest BCUT2D eigenvalue weighted by Crippen LogP contribution is 2.24. The zero-order chi connectivity index (χ0) is 12.1. The maximum Gasteiger partial charge on any atom is 0.241 e. The third-order valence-corrected chi connectivity index (χ3v) is 2.90. The smallest absolute Gasteiger partial charge is 0.241 e. The van der Waals surface area contributed by atoms with Crippen molar-refractivity contribution in [3.8, 4) is 0 Å². The van der Waals surface area contributed by atoms with Crippen LogP contribution in [0.25, 0.3) is 0 Å². The molecule has 1 N–H and O–H groups in total. The van der Waals surface area contributed by atoms with Crippen LogP contribution in [0.3, 0.4) is 0 Å². The molecule has 2 atom stereocenters. The van der Waals surface area contributed by atoms with E-state index >= 15 is 0 Å². The number of benzene rings is 1. The van der Waals surface area contributed by atoms with Gasteiger partial charge in [-0.3, -0.25) is 0 Å². The van der Waals surface area contributed by atoms with E-state index in [0.29, 0.717) is 11.5 Å². The fourth-order valence-electron chi connectivity index (χ4n) is 1.59. The number of aliphatic hydroxyl groups excluding tert-OH is 1. The van der Waals surface area contributed by atoms with E-state index in [4.69, 9.17) is 0 Å². The van der Waals surface area contributed by atoms with Gasteiger partial charge in [0.1, 0.15) is 0 Å². The fraction of sp³-hybridized carbons (Fsp3) is 0.538. The first-order valence-electron chi connectivity index (χ1n) is 5.60. The minimum absolute atomic E-state index is 0.460. The average molecular weight is 228 g/mol.